The van der Waals surface area contributed by atoms with Gasteiger partial charge in [0.05, 0.1) is 12.1 Å². The summed E-state index contributed by atoms with van der Waals surface area (Å²) in [4.78, 5) is 21.1. The van der Waals surface area contributed by atoms with Crippen molar-refractivity contribution in [2.75, 3.05) is 19.6 Å². The zero-order valence-corrected chi connectivity index (χ0v) is 14.4. The highest BCUT2D eigenvalue weighted by molar-refractivity contribution is 5.92. The minimum Gasteiger partial charge on any atom is -0.390 e. The Labute approximate surface area is 147 Å². The fraction of sp³-hybridized carbons (Fsp3) is 0.400. The summed E-state index contributed by atoms with van der Waals surface area (Å²) in [7, 11) is 0. The van der Waals surface area contributed by atoms with Gasteiger partial charge in [0.2, 0.25) is 0 Å². The van der Waals surface area contributed by atoms with E-state index in [1.807, 2.05) is 19.1 Å². The molecule has 0 aliphatic carbocycles. The molecular weight excluding hydrogens is 314 g/mol. The molecular formula is C20H23N3O2. The minimum absolute atomic E-state index is 0.0119. The normalized spacial score (nSPS) is 23.5. The molecule has 1 N–H and O–H groups in total. The average Bonchev–Trinajstić information content (AvgIpc) is 3.02. The van der Waals surface area contributed by atoms with E-state index in [4.69, 9.17) is 0 Å². The van der Waals surface area contributed by atoms with Crippen LogP contribution in [0.4, 0.5) is 0 Å². The Hall–Kier alpha value is -2.24. The number of benzene rings is 1. The standard InChI is InChI=1S/C20H23N3O2/c1-14-5-4-8-17(21-14)20(25)23-12-18(19(24)13-23)22-10-9-15-6-2-3-7-16(15)11-22/h2-8,18-19,24H,9-13H2,1H3/t18-,19-/m1/s1. The molecule has 1 saturated heterocycles. The first-order valence-corrected chi connectivity index (χ1v) is 8.83. The number of nitrogens with zero attached hydrogens (tertiary/aromatic N) is 3. The molecule has 1 aromatic carbocycles. The number of aliphatic hydroxyl groups is 1. The maximum Gasteiger partial charge on any atom is 0.272 e. The molecule has 25 heavy (non-hydrogen) atoms. The van der Waals surface area contributed by atoms with Crippen molar-refractivity contribution in [2.45, 2.75) is 32.0 Å². The van der Waals surface area contributed by atoms with Gasteiger partial charge < -0.3 is 10.0 Å². The molecule has 1 aromatic heterocycles. The molecule has 0 radical (unpaired) electrons. The van der Waals surface area contributed by atoms with Gasteiger partial charge in [0, 0.05) is 31.9 Å². The molecule has 1 amide bonds. The number of pyridine rings is 1. The van der Waals surface area contributed by atoms with Crippen molar-refractivity contribution >= 4 is 5.91 Å². The predicted octanol–water partition coefficient (Wildman–Crippen LogP) is 1.63. The quantitative estimate of drug-likeness (QED) is 0.905. The van der Waals surface area contributed by atoms with Crippen LogP contribution in [0, 0.1) is 6.92 Å². The van der Waals surface area contributed by atoms with E-state index in [2.05, 4.69) is 34.1 Å². The molecule has 2 aliphatic rings. The maximum absolute atomic E-state index is 12.7. The Kier molecular flexibility index (Phi) is 4.27. The molecule has 3 heterocycles. The fourth-order valence-corrected chi connectivity index (χ4v) is 3.92. The Morgan fingerprint density at radius 2 is 1.92 bits per heavy atom. The van der Waals surface area contributed by atoms with Gasteiger partial charge in [-0.15, -0.1) is 0 Å². The van der Waals surface area contributed by atoms with Crippen molar-refractivity contribution in [3.63, 3.8) is 0 Å². The zero-order valence-electron chi connectivity index (χ0n) is 14.4. The number of hydrogen-bond acceptors (Lipinski definition) is 4. The van der Waals surface area contributed by atoms with Crippen LogP contribution >= 0.6 is 0 Å². The van der Waals surface area contributed by atoms with Crippen molar-refractivity contribution in [1.29, 1.82) is 0 Å². The summed E-state index contributed by atoms with van der Waals surface area (Å²) < 4.78 is 0. The van der Waals surface area contributed by atoms with Crippen molar-refractivity contribution in [2.24, 2.45) is 0 Å². The molecule has 1 fully saturated rings. The first kappa shape index (κ1) is 16.2. The summed E-state index contributed by atoms with van der Waals surface area (Å²) in [5, 5.41) is 10.6. The Morgan fingerprint density at radius 1 is 1.12 bits per heavy atom. The van der Waals surface area contributed by atoms with Gasteiger partial charge in [0.1, 0.15) is 5.69 Å². The Balaban J connectivity index is 1.48. The van der Waals surface area contributed by atoms with Gasteiger partial charge in [-0.3, -0.25) is 9.69 Å². The van der Waals surface area contributed by atoms with Crippen LogP contribution < -0.4 is 0 Å². The molecule has 5 heteroatoms. The molecule has 5 nitrogen and oxygen atoms in total. The van der Waals surface area contributed by atoms with Gasteiger partial charge in [-0.2, -0.15) is 0 Å². The first-order chi connectivity index (χ1) is 12.1. The van der Waals surface area contributed by atoms with Crippen molar-refractivity contribution in [3.8, 4) is 0 Å². The molecule has 0 unspecified atom stereocenters. The summed E-state index contributed by atoms with van der Waals surface area (Å²) in [6.45, 7) is 4.56. The van der Waals surface area contributed by atoms with Gasteiger partial charge >= 0.3 is 0 Å². The molecule has 130 valence electrons. The summed E-state index contributed by atoms with van der Waals surface area (Å²) >= 11 is 0. The topological polar surface area (TPSA) is 56.7 Å². The number of hydrogen-bond donors (Lipinski definition) is 1. The highest BCUT2D eigenvalue weighted by Gasteiger charge is 2.39. The summed E-state index contributed by atoms with van der Waals surface area (Å²) in [5.41, 5.74) is 4.00. The minimum atomic E-state index is -0.515. The van der Waals surface area contributed by atoms with Crippen LogP contribution in [0.25, 0.3) is 0 Å². The smallest absolute Gasteiger partial charge is 0.272 e. The van der Waals surface area contributed by atoms with Crippen molar-refractivity contribution in [1.82, 2.24) is 14.8 Å². The number of fused-ring (bicyclic) bond motifs is 1. The second kappa shape index (κ2) is 6.58. The molecule has 2 aliphatic heterocycles. The van der Waals surface area contributed by atoms with E-state index in [9.17, 15) is 9.90 Å². The van der Waals surface area contributed by atoms with Gasteiger partial charge in [-0.25, -0.2) is 4.98 Å². The van der Waals surface area contributed by atoms with Crippen LogP contribution in [0.2, 0.25) is 0 Å². The van der Waals surface area contributed by atoms with Crippen molar-refractivity contribution in [3.05, 3.63) is 65.0 Å². The number of amides is 1. The first-order valence-electron chi connectivity index (χ1n) is 8.83. The number of rotatable bonds is 2. The number of carbonyl (C=O) groups is 1. The third kappa shape index (κ3) is 3.17. The SMILES string of the molecule is Cc1cccc(C(=O)N2C[C@@H](O)[C@H](N3CCc4ccccc4C3)C2)n1. The maximum atomic E-state index is 12.7. The van der Waals surface area contributed by atoms with E-state index in [0.29, 0.717) is 18.8 Å². The third-order valence-corrected chi connectivity index (χ3v) is 5.28. The van der Waals surface area contributed by atoms with Gasteiger partial charge in [0.15, 0.2) is 0 Å². The lowest BCUT2D eigenvalue weighted by atomic mass is 9.98. The number of aromatic nitrogens is 1. The van der Waals surface area contributed by atoms with Crippen LogP contribution in [0.1, 0.15) is 27.3 Å². The zero-order chi connectivity index (χ0) is 17.4. The summed E-state index contributed by atoms with van der Waals surface area (Å²) in [6.07, 6.45) is 0.478. The van der Waals surface area contributed by atoms with E-state index in [-0.39, 0.29) is 11.9 Å². The van der Waals surface area contributed by atoms with Gasteiger partial charge in [-0.05, 0) is 36.6 Å². The molecule has 0 saturated carbocycles. The lowest BCUT2D eigenvalue weighted by Crippen LogP contribution is -2.45. The number of aryl methyl sites for hydroxylation is 1. The van der Waals surface area contributed by atoms with E-state index < -0.39 is 6.10 Å². The second-order valence-electron chi connectivity index (χ2n) is 7.00. The number of aliphatic hydroxyl groups excluding tert-OH is 1. The van der Waals surface area contributed by atoms with Crippen LogP contribution in [-0.2, 0) is 13.0 Å². The van der Waals surface area contributed by atoms with E-state index in [1.165, 1.54) is 11.1 Å². The lowest BCUT2D eigenvalue weighted by Gasteiger charge is -2.34. The number of carbonyl (C=O) groups excluding carboxylic acids is 1. The fourth-order valence-electron chi connectivity index (χ4n) is 3.92. The molecule has 0 bridgehead atoms. The van der Waals surface area contributed by atoms with Crippen LogP contribution in [0.15, 0.2) is 42.5 Å². The van der Waals surface area contributed by atoms with Crippen LogP contribution in [0.3, 0.4) is 0 Å². The molecule has 4 rings (SSSR count). The molecule has 2 aromatic rings. The summed E-state index contributed by atoms with van der Waals surface area (Å²) in [6, 6.07) is 13.9. The highest BCUT2D eigenvalue weighted by Crippen LogP contribution is 2.25. The second-order valence-corrected chi connectivity index (χ2v) is 7.00. The average molecular weight is 337 g/mol. The van der Waals surface area contributed by atoms with Crippen LogP contribution in [0.5, 0.6) is 0 Å². The molecule has 0 spiro atoms. The monoisotopic (exact) mass is 337 g/mol. The number of β-amino-alcohol motifs (C(OH)–C–C–N with tert-alkyl or cyclic N) is 1. The highest BCUT2D eigenvalue weighted by atomic mass is 16.3. The third-order valence-electron chi connectivity index (χ3n) is 5.28. The van der Waals surface area contributed by atoms with E-state index >= 15 is 0 Å². The van der Waals surface area contributed by atoms with E-state index in [1.54, 1.807) is 11.0 Å². The predicted molar refractivity (Wildman–Crippen MR) is 95.2 cm³/mol. The largest absolute Gasteiger partial charge is 0.390 e. The van der Waals surface area contributed by atoms with E-state index in [0.717, 1.165) is 25.2 Å². The number of likely N-dealkylation sites (tertiary alicyclic amines) is 1. The summed E-state index contributed by atoms with van der Waals surface area (Å²) in [5.74, 6) is -0.0948. The van der Waals surface area contributed by atoms with Gasteiger partial charge in [-0.1, -0.05) is 30.3 Å². The van der Waals surface area contributed by atoms with Crippen molar-refractivity contribution < 1.29 is 9.90 Å². The Bertz CT molecular complexity index is 792. The molecule has 2 atom stereocenters. The van der Waals surface area contributed by atoms with Crippen LogP contribution in [-0.4, -0.2) is 57.6 Å². The Morgan fingerprint density at radius 3 is 2.72 bits per heavy atom. The van der Waals surface area contributed by atoms with Gasteiger partial charge in [0.25, 0.3) is 5.91 Å². The lowest BCUT2D eigenvalue weighted by molar-refractivity contribution is 0.0733.